The minimum atomic E-state index is 0.338. The third-order valence-electron chi connectivity index (χ3n) is 3.71. The average Bonchev–Trinajstić information content (AvgIpc) is 2.13. The number of piperidine rings is 1. The summed E-state index contributed by atoms with van der Waals surface area (Å²) in [6.45, 7) is 13.9. The summed E-state index contributed by atoms with van der Waals surface area (Å²) in [5.74, 6) is 0. The van der Waals surface area contributed by atoms with Crippen molar-refractivity contribution in [1.82, 2.24) is 15.5 Å². The molecule has 1 aliphatic rings. The lowest BCUT2D eigenvalue weighted by Gasteiger charge is -2.41. The summed E-state index contributed by atoms with van der Waals surface area (Å²) < 4.78 is 0. The van der Waals surface area contributed by atoms with Crippen LogP contribution in [0.1, 0.15) is 34.1 Å². The van der Waals surface area contributed by atoms with E-state index in [2.05, 4.69) is 57.3 Å². The third kappa shape index (κ3) is 4.94. The Morgan fingerprint density at radius 1 is 1.35 bits per heavy atom. The van der Waals surface area contributed by atoms with Crippen LogP contribution in [-0.4, -0.2) is 51.2 Å². The Bertz CT molecular complexity index is 234. The second-order valence-corrected chi connectivity index (χ2v) is 7.29. The van der Waals surface area contributed by atoms with Crippen LogP contribution in [-0.2, 0) is 0 Å². The van der Waals surface area contributed by atoms with Crippen LogP contribution < -0.4 is 10.6 Å². The average molecular weight is 241 g/mol. The van der Waals surface area contributed by atoms with Gasteiger partial charge in [0.2, 0.25) is 0 Å². The molecule has 1 unspecified atom stereocenters. The maximum Gasteiger partial charge on any atom is 0.0143 e. The molecule has 0 aromatic heterocycles. The molecule has 0 aromatic rings. The monoisotopic (exact) mass is 241 g/mol. The van der Waals surface area contributed by atoms with E-state index < -0.39 is 0 Å². The van der Waals surface area contributed by atoms with Crippen molar-refractivity contribution in [1.29, 1.82) is 0 Å². The van der Waals surface area contributed by atoms with E-state index in [0.29, 0.717) is 16.9 Å². The summed E-state index contributed by atoms with van der Waals surface area (Å²) in [7, 11) is 4.30. The first-order chi connectivity index (χ1) is 7.73. The first-order valence-corrected chi connectivity index (χ1v) is 6.82. The van der Waals surface area contributed by atoms with Gasteiger partial charge in [0.05, 0.1) is 0 Å². The van der Waals surface area contributed by atoms with Gasteiger partial charge < -0.3 is 15.5 Å². The number of nitrogens with one attached hydrogen (secondary N) is 2. The van der Waals surface area contributed by atoms with Crippen LogP contribution in [0, 0.1) is 10.8 Å². The largest absolute Gasteiger partial charge is 0.316 e. The fourth-order valence-electron chi connectivity index (χ4n) is 2.86. The first-order valence-electron chi connectivity index (χ1n) is 6.82. The van der Waals surface area contributed by atoms with E-state index in [-0.39, 0.29) is 0 Å². The molecule has 0 saturated carbocycles. The van der Waals surface area contributed by atoms with E-state index >= 15 is 0 Å². The first kappa shape index (κ1) is 14.9. The molecule has 3 heteroatoms. The number of hydrogen-bond acceptors (Lipinski definition) is 3. The molecule has 1 saturated heterocycles. The molecule has 1 heterocycles. The fourth-order valence-corrected chi connectivity index (χ4v) is 2.86. The molecule has 0 aromatic carbocycles. The van der Waals surface area contributed by atoms with Crippen LogP contribution in [0.3, 0.4) is 0 Å². The van der Waals surface area contributed by atoms with Gasteiger partial charge in [-0.25, -0.2) is 0 Å². The van der Waals surface area contributed by atoms with Crippen molar-refractivity contribution in [2.75, 3.05) is 40.3 Å². The van der Waals surface area contributed by atoms with Gasteiger partial charge in [-0.1, -0.05) is 27.7 Å². The van der Waals surface area contributed by atoms with Crippen molar-refractivity contribution in [3.05, 3.63) is 0 Å². The minimum Gasteiger partial charge on any atom is -0.316 e. The molecule has 0 spiro atoms. The lowest BCUT2D eigenvalue weighted by atomic mass is 9.79. The maximum atomic E-state index is 3.79. The summed E-state index contributed by atoms with van der Waals surface area (Å²) in [6.07, 6.45) is 1.24. The van der Waals surface area contributed by atoms with Crippen molar-refractivity contribution in [2.24, 2.45) is 10.8 Å². The molecular formula is C14H31N3. The predicted molar refractivity (Wildman–Crippen MR) is 75.4 cm³/mol. The lowest BCUT2D eigenvalue weighted by molar-refractivity contribution is 0.155. The smallest absolute Gasteiger partial charge is 0.0143 e. The van der Waals surface area contributed by atoms with Gasteiger partial charge in [-0.2, -0.15) is 0 Å². The molecule has 2 N–H and O–H groups in total. The lowest BCUT2D eigenvalue weighted by Crippen LogP contribution is -2.55. The molecule has 0 amide bonds. The Kier molecular flexibility index (Phi) is 4.99. The van der Waals surface area contributed by atoms with E-state index in [4.69, 9.17) is 0 Å². The van der Waals surface area contributed by atoms with Crippen molar-refractivity contribution >= 4 is 0 Å². The maximum absolute atomic E-state index is 3.79. The number of nitrogens with zero attached hydrogens (tertiary/aromatic N) is 1. The van der Waals surface area contributed by atoms with Crippen molar-refractivity contribution in [3.63, 3.8) is 0 Å². The van der Waals surface area contributed by atoms with Gasteiger partial charge in [0.25, 0.3) is 0 Å². The second-order valence-electron chi connectivity index (χ2n) is 7.29. The molecule has 1 fully saturated rings. The number of hydrogen-bond donors (Lipinski definition) is 2. The molecule has 102 valence electrons. The van der Waals surface area contributed by atoms with E-state index in [1.807, 2.05) is 0 Å². The quantitative estimate of drug-likeness (QED) is 0.765. The van der Waals surface area contributed by atoms with Gasteiger partial charge >= 0.3 is 0 Å². The van der Waals surface area contributed by atoms with Crippen LogP contribution in [0.15, 0.2) is 0 Å². The Morgan fingerprint density at radius 3 is 2.53 bits per heavy atom. The van der Waals surface area contributed by atoms with Crippen LogP contribution >= 0.6 is 0 Å². The molecule has 0 radical (unpaired) electrons. The minimum absolute atomic E-state index is 0.338. The van der Waals surface area contributed by atoms with Gasteiger partial charge in [0.1, 0.15) is 0 Å². The normalized spacial score (nSPS) is 25.2. The zero-order valence-electron chi connectivity index (χ0n) is 12.6. The zero-order chi connectivity index (χ0) is 13.1. The van der Waals surface area contributed by atoms with Crippen LogP contribution in [0.5, 0.6) is 0 Å². The molecule has 0 bridgehead atoms. The van der Waals surface area contributed by atoms with E-state index in [0.717, 1.165) is 26.2 Å². The SMILES string of the molecule is CN(C)CC(C)(C)CNC1CCNCC1(C)C. The molecule has 1 atom stereocenters. The summed E-state index contributed by atoms with van der Waals surface area (Å²) in [5.41, 5.74) is 0.705. The Morgan fingerprint density at radius 2 is 2.00 bits per heavy atom. The third-order valence-corrected chi connectivity index (χ3v) is 3.71. The Labute approximate surface area is 107 Å². The van der Waals surface area contributed by atoms with Crippen molar-refractivity contribution in [3.8, 4) is 0 Å². The highest BCUT2D eigenvalue weighted by Gasteiger charge is 2.33. The van der Waals surface area contributed by atoms with Gasteiger partial charge in [0.15, 0.2) is 0 Å². The van der Waals surface area contributed by atoms with Gasteiger partial charge in [-0.15, -0.1) is 0 Å². The summed E-state index contributed by atoms with van der Waals surface area (Å²) in [5, 5.41) is 7.28. The zero-order valence-corrected chi connectivity index (χ0v) is 12.6. The van der Waals surface area contributed by atoms with Crippen LogP contribution in [0.25, 0.3) is 0 Å². The van der Waals surface area contributed by atoms with Gasteiger partial charge in [-0.3, -0.25) is 0 Å². The van der Waals surface area contributed by atoms with E-state index in [9.17, 15) is 0 Å². The van der Waals surface area contributed by atoms with Crippen LogP contribution in [0.2, 0.25) is 0 Å². The van der Waals surface area contributed by atoms with Crippen molar-refractivity contribution < 1.29 is 0 Å². The van der Waals surface area contributed by atoms with E-state index in [1.54, 1.807) is 0 Å². The molecule has 3 nitrogen and oxygen atoms in total. The van der Waals surface area contributed by atoms with Gasteiger partial charge in [0, 0.05) is 25.7 Å². The topological polar surface area (TPSA) is 27.3 Å². The van der Waals surface area contributed by atoms with Crippen molar-refractivity contribution in [2.45, 2.75) is 40.2 Å². The summed E-state index contributed by atoms with van der Waals surface area (Å²) in [6, 6.07) is 0.644. The highest BCUT2D eigenvalue weighted by molar-refractivity contribution is 4.91. The Hall–Kier alpha value is -0.120. The number of rotatable bonds is 5. The molecule has 1 aliphatic heterocycles. The van der Waals surface area contributed by atoms with Gasteiger partial charge in [-0.05, 0) is 37.9 Å². The second kappa shape index (κ2) is 5.68. The summed E-state index contributed by atoms with van der Waals surface area (Å²) in [4.78, 5) is 2.27. The van der Waals surface area contributed by atoms with Crippen LogP contribution in [0.4, 0.5) is 0 Å². The van der Waals surface area contributed by atoms with E-state index in [1.165, 1.54) is 6.42 Å². The molecular weight excluding hydrogens is 210 g/mol. The fraction of sp³-hybridized carbons (Fsp3) is 1.00. The Balaban J connectivity index is 2.43. The molecule has 17 heavy (non-hydrogen) atoms. The highest BCUT2D eigenvalue weighted by Crippen LogP contribution is 2.26. The molecule has 1 rings (SSSR count). The standard InChI is InChI=1S/C14H31N3/c1-13(2,11-17(5)6)9-16-12-7-8-15-10-14(12,3)4/h12,15-16H,7-11H2,1-6H3. The predicted octanol–water partition coefficient (Wildman–Crippen LogP) is 1.55. The summed E-state index contributed by atoms with van der Waals surface area (Å²) >= 11 is 0. The highest BCUT2D eigenvalue weighted by atomic mass is 15.1. The molecule has 0 aliphatic carbocycles.